The van der Waals surface area contributed by atoms with Crippen LogP contribution in [0.2, 0.25) is 0 Å². The average Bonchev–Trinajstić information content (AvgIpc) is 2.33. The first kappa shape index (κ1) is 13.5. The van der Waals surface area contributed by atoms with Crippen molar-refractivity contribution in [2.45, 2.75) is 45.3 Å². The number of nitrogens with two attached hydrogens (primary N) is 1. The summed E-state index contributed by atoms with van der Waals surface area (Å²) in [4.78, 5) is 0. The molecule has 1 atom stereocenters. The lowest BCUT2D eigenvalue weighted by Crippen LogP contribution is -2.36. The maximum atomic E-state index is 5.71. The minimum absolute atomic E-state index is 0.263. The molecule has 0 amide bonds. The summed E-state index contributed by atoms with van der Waals surface area (Å²) in [6.45, 7) is 5.03. The molecule has 1 aliphatic carbocycles. The Hall–Kier alpha value is -0.900. The molecule has 1 fully saturated rings. The molecule has 0 aliphatic heterocycles. The molecule has 3 nitrogen and oxygen atoms in total. The molecule has 1 aromatic carbocycles. The standard InChI is InChI=1S/C15H24N2O/c1-3-18-13-8-12(9-13)10-15(17-16)14-7-5-4-6-11(14)2/h4-7,12-13,15,17H,3,8-10,16H2,1-2H3. The van der Waals surface area contributed by atoms with Crippen LogP contribution in [0.25, 0.3) is 0 Å². The Kier molecular flexibility index (Phi) is 4.75. The van der Waals surface area contributed by atoms with Gasteiger partial charge in [-0.1, -0.05) is 24.3 Å². The minimum atomic E-state index is 0.263. The monoisotopic (exact) mass is 248 g/mol. The highest BCUT2D eigenvalue weighted by atomic mass is 16.5. The zero-order valence-corrected chi connectivity index (χ0v) is 11.4. The first-order chi connectivity index (χ1) is 8.74. The molecule has 0 radical (unpaired) electrons. The van der Waals surface area contributed by atoms with Crippen LogP contribution in [0.15, 0.2) is 24.3 Å². The van der Waals surface area contributed by atoms with Crippen LogP contribution in [0.1, 0.15) is 43.4 Å². The highest BCUT2D eigenvalue weighted by Gasteiger charge is 2.31. The Bertz CT molecular complexity index is 375. The molecule has 3 heteroatoms. The van der Waals surface area contributed by atoms with Crippen LogP contribution >= 0.6 is 0 Å². The number of hydrogen-bond donors (Lipinski definition) is 2. The van der Waals surface area contributed by atoms with E-state index in [0.29, 0.717) is 6.10 Å². The molecule has 0 bridgehead atoms. The average molecular weight is 248 g/mol. The molecule has 1 unspecified atom stereocenters. The minimum Gasteiger partial charge on any atom is -0.378 e. The molecule has 1 saturated carbocycles. The van der Waals surface area contributed by atoms with Crippen molar-refractivity contribution in [1.29, 1.82) is 0 Å². The van der Waals surface area contributed by atoms with Crippen molar-refractivity contribution in [3.63, 3.8) is 0 Å². The van der Waals surface area contributed by atoms with Gasteiger partial charge in [0.05, 0.1) is 6.10 Å². The topological polar surface area (TPSA) is 47.3 Å². The molecule has 2 rings (SSSR count). The number of nitrogens with one attached hydrogen (secondary N) is 1. The molecule has 0 aromatic heterocycles. The van der Waals surface area contributed by atoms with E-state index in [-0.39, 0.29) is 6.04 Å². The van der Waals surface area contributed by atoms with Gasteiger partial charge in [-0.3, -0.25) is 11.3 Å². The van der Waals surface area contributed by atoms with Crippen LogP contribution in [0.4, 0.5) is 0 Å². The van der Waals surface area contributed by atoms with Crippen molar-refractivity contribution >= 4 is 0 Å². The van der Waals surface area contributed by atoms with Crippen LogP contribution in [0, 0.1) is 12.8 Å². The molecule has 100 valence electrons. The molecular formula is C15H24N2O. The molecule has 18 heavy (non-hydrogen) atoms. The van der Waals surface area contributed by atoms with E-state index in [2.05, 4.69) is 43.5 Å². The summed E-state index contributed by atoms with van der Waals surface area (Å²) in [5.74, 6) is 6.45. The smallest absolute Gasteiger partial charge is 0.0580 e. The van der Waals surface area contributed by atoms with Crippen molar-refractivity contribution in [1.82, 2.24) is 5.43 Å². The Morgan fingerprint density at radius 2 is 2.11 bits per heavy atom. The lowest BCUT2D eigenvalue weighted by atomic mass is 9.77. The number of ether oxygens (including phenoxy) is 1. The lowest BCUT2D eigenvalue weighted by Gasteiger charge is -2.37. The van der Waals surface area contributed by atoms with E-state index in [1.54, 1.807) is 0 Å². The first-order valence-corrected chi connectivity index (χ1v) is 6.87. The van der Waals surface area contributed by atoms with E-state index in [4.69, 9.17) is 10.6 Å². The van der Waals surface area contributed by atoms with Crippen LogP contribution in [0.3, 0.4) is 0 Å². The second kappa shape index (κ2) is 6.32. The second-order valence-corrected chi connectivity index (χ2v) is 5.23. The van der Waals surface area contributed by atoms with Gasteiger partial charge in [0.2, 0.25) is 0 Å². The molecule has 3 N–H and O–H groups in total. The quantitative estimate of drug-likeness (QED) is 0.601. The third kappa shape index (κ3) is 3.10. The van der Waals surface area contributed by atoms with Crippen molar-refractivity contribution in [3.05, 3.63) is 35.4 Å². The molecule has 1 aliphatic rings. The Morgan fingerprint density at radius 1 is 1.39 bits per heavy atom. The first-order valence-electron chi connectivity index (χ1n) is 6.87. The van der Waals surface area contributed by atoms with E-state index in [9.17, 15) is 0 Å². The fourth-order valence-corrected chi connectivity index (χ4v) is 2.83. The predicted octanol–water partition coefficient (Wildman–Crippen LogP) is 2.70. The van der Waals surface area contributed by atoms with E-state index in [1.165, 1.54) is 24.0 Å². The number of hydrogen-bond acceptors (Lipinski definition) is 3. The fraction of sp³-hybridized carbons (Fsp3) is 0.600. The maximum absolute atomic E-state index is 5.71. The lowest BCUT2D eigenvalue weighted by molar-refractivity contribution is -0.0291. The van der Waals surface area contributed by atoms with Gasteiger partial charge in [0.1, 0.15) is 0 Å². The number of benzene rings is 1. The largest absolute Gasteiger partial charge is 0.378 e. The Balaban J connectivity index is 1.89. The van der Waals surface area contributed by atoms with Crippen molar-refractivity contribution in [2.24, 2.45) is 11.8 Å². The van der Waals surface area contributed by atoms with Crippen molar-refractivity contribution < 1.29 is 4.74 Å². The summed E-state index contributed by atoms with van der Waals surface area (Å²) in [5, 5.41) is 0. The van der Waals surface area contributed by atoms with Crippen molar-refractivity contribution in [2.75, 3.05) is 6.61 Å². The van der Waals surface area contributed by atoms with E-state index in [0.717, 1.165) is 18.9 Å². The Labute approximate surface area is 110 Å². The molecule has 0 saturated heterocycles. The van der Waals surface area contributed by atoms with Gasteiger partial charge in [-0.2, -0.15) is 0 Å². The van der Waals surface area contributed by atoms with Crippen LogP contribution in [-0.2, 0) is 4.74 Å². The van der Waals surface area contributed by atoms with Gasteiger partial charge in [-0.25, -0.2) is 0 Å². The summed E-state index contributed by atoms with van der Waals surface area (Å²) in [6.07, 6.45) is 3.94. The van der Waals surface area contributed by atoms with Crippen molar-refractivity contribution in [3.8, 4) is 0 Å². The summed E-state index contributed by atoms with van der Waals surface area (Å²) in [7, 11) is 0. The fourth-order valence-electron chi connectivity index (χ4n) is 2.83. The molecule has 0 heterocycles. The number of aryl methyl sites for hydroxylation is 1. The zero-order valence-electron chi connectivity index (χ0n) is 11.4. The van der Waals surface area contributed by atoms with E-state index >= 15 is 0 Å². The summed E-state index contributed by atoms with van der Waals surface area (Å²) in [6, 6.07) is 8.72. The van der Waals surface area contributed by atoms with Gasteiger partial charge in [-0.05, 0) is 50.2 Å². The van der Waals surface area contributed by atoms with Crippen LogP contribution < -0.4 is 11.3 Å². The predicted molar refractivity (Wildman–Crippen MR) is 74.0 cm³/mol. The van der Waals surface area contributed by atoms with Gasteiger partial charge in [0.15, 0.2) is 0 Å². The van der Waals surface area contributed by atoms with Gasteiger partial charge < -0.3 is 4.74 Å². The van der Waals surface area contributed by atoms with E-state index in [1.807, 2.05) is 0 Å². The summed E-state index contributed by atoms with van der Waals surface area (Å²) < 4.78 is 5.60. The molecular weight excluding hydrogens is 224 g/mol. The van der Waals surface area contributed by atoms with Gasteiger partial charge in [0.25, 0.3) is 0 Å². The summed E-state index contributed by atoms with van der Waals surface area (Å²) >= 11 is 0. The van der Waals surface area contributed by atoms with Crippen LogP contribution in [-0.4, -0.2) is 12.7 Å². The molecule has 0 spiro atoms. The van der Waals surface area contributed by atoms with Gasteiger partial charge >= 0.3 is 0 Å². The maximum Gasteiger partial charge on any atom is 0.0580 e. The highest BCUT2D eigenvalue weighted by molar-refractivity contribution is 5.28. The normalized spacial score (nSPS) is 24.6. The zero-order chi connectivity index (χ0) is 13.0. The Morgan fingerprint density at radius 3 is 2.72 bits per heavy atom. The molecule has 1 aromatic rings. The SMILES string of the molecule is CCOC1CC(CC(NN)c2ccccc2C)C1. The third-order valence-electron chi connectivity index (χ3n) is 3.93. The van der Waals surface area contributed by atoms with E-state index < -0.39 is 0 Å². The second-order valence-electron chi connectivity index (χ2n) is 5.23. The van der Waals surface area contributed by atoms with Gasteiger partial charge in [0, 0.05) is 12.6 Å². The van der Waals surface area contributed by atoms with Gasteiger partial charge in [-0.15, -0.1) is 0 Å². The highest BCUT2D eigenvalue weighted by Crippen LogP contribution is 2.37. The number of hydrazine groups is 1. The third-order valence-corrected chi connectivity index (χ3v) is 3.93. The van der Waals surface area contributed by atoms with Crippen LogP contribution in [0.5, 0.6) is 0 Å². The summed E-state index contributed by atoms with van der Waals surface area (Å²) in [5.41, 5.74) is 5.59. The number of rotatable bonds is 6.